The molecule has 0 amide bonds. The molecule has 1 rings (SSSR count). The number of halogens is 1. The largest absolute Gasteiger partial charge is 0.493 e. The Morgan fingerprint density at radius 2 is 2.10 bits per heavy atom. The van der Waals surface area contributed by atoms with Crippen molar-refractivity contribution in [2.75, 3.05) is 20.3 Å². The molecule has 0 radical (unpaired) electrons. The fourth-order valence-electron chi connectivity index (χ4n) is 1.59. The van der Waals surface area contributed by atoms with Gasteiger partial charge in [-0.1, -0.05) is 11.6 Å². The highest BCUT2D eigenvalue weighted by atomic mass is 35.5. The van der Waals surface area contributed by atoms with Crippen molar-refractivity contribution in [1.82, 2.24) is 0 Å². The summed E-state index contributed by atoms with van der Waals surface area (Å²) in [5.74, 6) is 0.0459. The normalized spacial score (nSPS) is 11.2. The van der Waals surface area contributed by atoms with Crippen LogP contribution in [0.5, 0.6) is 11.5 Å². The summed E-state index contributed by atoms with van der Waals surface area (Å²) in [5.41, 5.74) is 5.38. The van der Waals surface area contributed by atoms with Crippen LogP contribution in [0.3, 0.4) is 0 Å². The first-order valence-electron chi connectivity index (χ1n) is 6.24. The Balaban J connectivity index is 3.06. The molecule has 0 aliphatic carbocycles. The van der Waals surface area contributed by atoms with Crippen LogP contribution in [0.25, 0.3) is 0 Å². The van der Waals surface area contributed by atoms with Crippen molar-refractivity contribution in [1.29, 1.82) is 0 Å². The number of carbonyl (C=O) groups is 1. The number of hydrogen-bond acceptors (Lipinski definition) is 4. The lowest BCUT2D eigenvalue weighted by atomic mass is 9.95. The highest BCUT2D eigenvalue weighted by Crippen LogP contribution is 2.36. The van der Waals surface area contributed by atoms with E-state index in [-0.39, 0.29) is 6.61 Å². The van der Waals surface area contributed by atoms with Crippen molar-refractivity contribution < 1.29 is 19.4 Å². The Morgan fingerprint density at radius 1 is 1.45 bits per heavy atom. The van der Waals surface area contributed by atoms with Gasteiger partial charge in [-0.2, -0.15) is 0 Å². The van der Waals surface area contributed by atoms with Crippen molar-refractivity contribution in [3.8, 4) is 11.5 Å². The molecule has 5 nitrogen and oxygen atoms in total. The minimum Gasteiger partial charge on any atom is -0.493 e. The van der Waals surface area contributed by atoms with E-state index < -0.39 is 11.4 Å². The monoisotopic (exact) mass is 301 g/mol. The fraction of sp³-hybridized carbons (Fsp3) is 0.500. The zero-order valence-corrected chi connectivity index (χ0v) is 12.7. The summed E-state index contributed by atoms with van der Waals surface area (Å²) in [7, 11) is 1.51. The highest BCUT2D eigenvalue weighted by molar-refractivity contribution is 6.30. The fourth-order valence-corrected chi connectivity index (χ4v) is 1.82. The van der Waals surface area contributed by atoms with Gasteiger partial charge in [0.1, 0.15) is 6.61 Å². The maximum atomic E-state index is 11.1. The molecule has 1 aromatic carbocycles. The maximum absolute atomic E-state index is 11.1. The smallest absolute Gasteiger partial charge is 0.312 e. The predicted molar refractivity (Wildman–Crippen MR) is 77.7 cm³/mol. The number of ether oxygens (including phenoxy) is 2. The molecule has 0 aliphatic heterocycles. The molecule has 20 heavy (non-hydrogen) atoms. The van der Waals surface area contributed by atoms with Crippen LogP contribution in [-0.2, 0) is 11.2 Å². The molecule has 1 aromatic rings. The highest BCUT2D eigenvalue weighted by Gasteiger charge is 2.29. The molecule has 112 valence electrons. The molecule has 0 bridgehead atoms. The van der Waals surface area contributed by atoms with Crippen molar-refractivity contribution >= 4 is 17.6 Å². The number of carboxylic acids is 1. The lowest BCUT2D eigenvalue weighted by Crippen LogP contribution is -2.31. The Kier molecular flexibility index (Phi) is 5.65. The van der Waals surface area contributed by atoms with Crippen LogP contribution in [-0.4, -0.2) is 31.3 Å². The van der Waals surface area contributed by atoms with E-state index in [0.717, 1.165) is 5.56 Å². The van der Waals surface area contributed by atoms with E-state index in [9.17, 15) is 4.79 Å². The van der Waals surface area contributed by atoms with Gasteiger partial charge in [0.25, 0.3) is 0 Å². The van der Waals surface area contributed by atoms with Gasteiger partial charge in [-0.15, -0.1) is 0 Å². The first kappa shape index (κ1) is 16.6. The van der Waals surface area contributed by atoms with Gasteiger partial charge in [0.2, 0.25) is 0 Å². The standard InChI is InChI=1S/C14H20ClNO4/c1-14(2,13(17)18)8-20-12-9(4-5-16)6-10(15)7-11(12)19-3/h6-7H,4-5,8,16H2,1-3H3,(H,17,18). The molecule has 0 saturated carbocycles. The van der Waals surface area contributed by atoms with Gasteiger partial charge < -0.3 is 20.3 Å². The van der Waals surface area contributed by atoms with Gasteiger partial charge >= 0.3 is 5.97 Å². The second-order valence-corrected chi connectivity index (χ2v) is 5.55. The molecular formula is C14H20ClNO4. The number of aliphatic carboxylic acids is 1. The summed E-state index contributed by atoms with van der Waals surface area (Å²) < 4.78 is 10.9. The molecule has 3 N–H and O–H groups in total. The van der Waals surface area contributed by atoms with Crippen molar-refractivity contribution in [3.05, 3.63) is 22.7 Å². The lowest BCUT2D eigenvalue weighted by Gasteiger charge is -2.22. The van der Waals surface area contributed by atoms with Crippen LogP contribution in [0.15, 0.2) is 12.1 Å². The second kappa shape index (κ2) is 6.81. The summed E-state index contributed by atoms with van der Waals surface area (Å²) in [6.07, 6.45) is 0.569. The number of benzene rings is 1. The van der Waals surface area contributed by atoms with Crippen LogP contribution in [0, 0.1) is 5.41 Å². The Hall–Kier alpha value is -1.46. The number of hydrogen-bond donors (Lipinski definition) is 2. The molecule has 0 unspecified atom stereocenters. The van der Waals surface area contributed by atoms with E-state index in [4.69, 9.17) is 31.9 Å². The van der Waals surface area contributed by atoms with Crippen LogP contribution >= 0.6 is 11.6 Å². The van der Waals surface area contributed by atoms with Gasteiger partial charge in [-0.05, 0) is 32.9 Å². The van der Waals surface area contributed by atoms with E-state index in [0.29, 0.717) is 29.5 Å². The summed E-state index contributed by atoms with van der Waals surface area (Å²) in [4.78, 5) is 11.1. The summed E-state index contributed by atoms with van der Waals surface area (Å²) in [6, 6.07) is 3.38. The van der Waals surface area contributed by atoms with E-state index in [1.807, 2.05) is 0 Å². The van der Waals surface area contributed by atoms with Gasteiger partial charge in [-0.25, -0.2) is 0 Å². The Morgan fingerprint density at radius 3 is 2.60 bits per heavy atom. The molecule has 0 fully saturated rings. The number of carboxylic acid groups (broad SMARTS) is 1. The number of nitrogens with two attached hydrogens (primary N) is 1. The average Bonchev–Trinajstić information content (AvgIpc) is 2.37. The molecule has 0 atom stereocenters. The average molecular weight is 302 g/mol. The topological polar surface area (TPSA) is 81.8 Å². The third kappa shape index (κ3) is 4.02. The minimum atomic E-state index is -0.995. The molecule has 6 heteroatoms. The molecule has 0 spiro atoms. The van der Waals surface area contributed by atoms with E-state index >= 15 is 0 Å². The first-order chi connectivity index (χ1) is 9.31. The quantitative estimate of drug-likeness (QED) is 0.808. The summed E-state index contributed by atoms with van der Waals surface area (Å²) in [5, 5.41) is 9.63. The molecule has 0 aromatic heterocycles. The van der Waals surface area contributed by atoms with Gasteiger partial charge in [0.15, 0.2) is 11.5 Å². The van der Waals surface area contributed by atoms with Gasteiger partial charge in [0.05, 0.1) is 12.5 Å². The van der Waals surface area contributed by atoms with E-state index in [1.54, 1.807) is 26.0 Å². The van der Waals surface area contributed by atoms with E-state index in [1.165, 1.54) is 7.11 Å². The van der Waals surface area contributed by atoms with Crippen molar-refractivity contribution in [2.24, 2.45) is 11.1 Å². The van der Waals surface area contributed by atoms with E-state index in [2.05, 4.69) is 0 Å². The number of methoxy groups -OCH3 is 1. The Bertz CT molecular complexity index is 488. The summed E-state index contributed by atoms with van der Waals surface area (Å²) >= 11 is 6.01. The number of rotatable bonds is 7. The maximum Gasteiger partial charge on any atom is 0.312 e. The minimum absolute atomic E-state index is 0.0257. The zero-order chi connectivity index (χ0) is 15.3. The van der Waals surface area contributed by atoms with Crippen LogP contribution in [0.2, 0.25) is 5.02 Å². The second-order valence-electron chi connectivity index (χ2n) is 5.11. The van der Waals surface area contributed by atoms with Crippen molar-refractivity contribution in [2.45, 2.75) is 20.3 Å². The Labute approximate surface area is 123 Å². The third-order valence-electron chi connectivity index (χ3n) is 2.89. The predicted octanol–water partition coefficient (Wildman–Crippen LogP) is 2.34. The molecule has 0 heterocycles. The molecular weight excluding hydrogens is 282 g/mol. The summed E-state index contributed by atoms with van der Waals surface area (Å²) in [6.45, 7) is 3.65. The molecule has 0 aliphatic rings. The zero-order valence-electron chi connectivity index (χ0n) is 11.9. The van der Waals surface area contributed by atoms with Gasteiger partial charge in [0, 0.05) is 16.7 Å². The van der Waals surface area contributed by atoms with Crippen molar-refractivity contribution in [3.63, 3.8) is 0 Å². The SMILES string of the molecule is COc1cc(Cl)cc(CCN)c1OCC(C)(C)C(=O)O. The third-order valence-corrected chi connectivity index (χ3v) is 3.10. The van der Waals surface area contributed by atoms with Crippen LogP contribution < -0.4 is 15.2 Å². The first-order valence-corrected chi connectivity index (χ1v) is 6.62. The van der Waals surface area contributed by atoms with Crippen LogP contribution in [0.4, 0.5) is 0 Å². The molecule has 0 saturated heterocycles. The lowest BCUT2D eigenvalue weighted by molar-refractivity contribution is -0.148. The van der Waals surface area contributed by atoms with Gasteiger partial charge in [-0.3, -0.25) is 4.79 Å². The van der Waals surface area contributed by atoms with Crippen LogP contribution in [0.1, 0.15) is 19.4 Å².